The van der Waals surface area contributed by atoms with E-state index in [1.165, 1.54) is 16.3 Å². The Labute approximate surface area is 135 Å². The number of sulfonamides is 1. The van der Waals surface area contributed by atoms with Crippen LogP contribution in [0.25, 0.3) is 0 Å². The molecule has 1 fully saturated rings. The highest BCUT2D eigenvalue weighted by molar-refractivity contribution is 7.88. The van der Waals surface area contributed by atoms with Crippen molar-refractivity contribution in [3.63, 3.8) is 0 Å². The summed E-state index contributed by atoms with van der Waals surface area (Å²) in [6.45, 7) is 5.96. The van der Waals surface area contributed by atoms with Crippen molar-refractivity contribution >= 4 is 15.9 Å². The summed E-state index contributed by atoms with van der Waals surface area (Å²) in [5.41, 5.74) is 0.867. The number of piperazine rings is 1. The van der Waals surface area contributed by atoms with Gasteiger partial charge in [-0.15, -0.1) is 0 Å². The second kappa shape index (κ2) is 6.04. The predicted octanol–water partition coefficient (Wildman–Crippen LogP) is -0.497. The maximum absolute atomic E-state index is 12.8. The van der Waals surface area contributed by atoms with Crippen LogP contribution in [0.2, 0.25) is 0 Å². The van der Waals surface area contributed by atoms with Crippen molar-refractivity contribution in [1.82, 2.24) is 19.0 Å². The molecular formula is C14H22N4O4S. The smallest absolute Gasteiger partial charge is 0.279 e. The fourth-order valence-corrected chi connectivity index (χ4v) is 4.01. The van der Waals surface area contributed by atoms with Crippen LogP contribution in [0.15, 0.2) is 4.79 Å². The van der Waals surface area contributed by atoms with Crippen molar-refractivity contribution in [3.8, 4) is 0 Å². The number of aromatic nitrogens is 2. The Morgan fingerprint density at radius 1 is 1.26 bits per heavy atom. The van der Waals surface area contributed by atoms with Crippen LogP contribution < -0.4 is 5.56 Å². The van der Waals surface area contributed by atoms with Crippen LogP contribution in [-0.2, 0) is 17.1 Å². The molecule has 1 saturated heterocycles. The summed E-state index contributed by atoms with van der Waals surface area (Å²) >= 11 is 0. The normalized spacial score (nSPS) is 19.9. The molecule has 1 aliphatic heterocycles. The van der Waals surface area contributed by atoms with E-state index in [9.17, 15) is 18.0 Å². The fourth-order valence-electron chi connectivity index (χ4n) is 2.88. The minimum atomic E-state index is -3.30. The number of carbonyl (C=O) groups is 1. The Balaban J connectivity index is 2.33. The fraction of sp³-hybridized carbons (Fsp3) is 0.643. The lowest BCUT2D eigenvalue weighted by Crippen LogP contribution is -2.55. The van der Waals surface area contributed by atoms with E-state index in [0.717, 1.165) is 10.9 Å². The van der Waals surface area contributed by atoms with E-state index in [2.05, 4.69) is 5.10 Å². The van der Waals surface area contributed by atoms with Gasteiger partial charge >= 0.3 is 0 Å². The van der Waals surface area contributed by atoms with E-state index in [-0.39, 0.29) is 37.1 Å². The van der Waals surface area contributed by atoms with Gasteiger partial charge in [0, 0.05) is 32.7 Å². The molecule has 1 aliphatic rings. The molecule has 128 valence electrons. The van der Waals surface area contributed by atoms with Crippen molar-refractivity contribution in [1.29, 1.82) is 0 Å². The highest BCUT2D eigenvalue weighted by atomic mass is 32.2. The highest BCUT2D eigenvalue weighted by Crippen LogP contribution is 2.16. The van der Waals surface area contributed by atoms with Crippen molar-refractivity contribution in [2.45, 2.75) is 26.8 Å². The number of hydrogen-bond donors (Lipinski definition) is 0. The summed E-state index contributed by atoms with van der Waals surface area (Å²) in [6, 6.07) is -0.324. The van der Waals surface area contributed by atoms with E-state index < -0.39 is 15.6 Å². The van der Waals surface area contributed by atoms with Crippen LogP contribution in [0.1, 0.15) is 28.5 Å². The molecule has 2 rings (SSSR count). The summed E-state index contributed by atoms with van der Waals surface area (Å²) in [5, 5.41) is 4.07. The molecule has 1 aromatic heterocycles. The molecular weight excluding hydrogens is 320 g/mol. The average Bonchev–Trinajstić information content (AvgIpc) is 2.43. The molecule has 0 radical (unpaired) electrons. The number of nitrogens with zero attached hydrogens (tertiary/aromatic N) is 4. The first-order chi connectivity index (χ1) is 10.5. The number of amides is 1. The van der Waals surface area contributed by atoms with E-state index in [1.807, 2.05) is 0 Å². The molecule has 2 heterocycles. The molecule has 0 saturated carbocycles. The van der Waals surface area contributed by atoms with Gasteiger partial charge in [0.25, 0.3) is 11.5 Å². The quantitative estimate of drug-likeness (QED) is 0.723. The van der Waals surface area contributed by atoms with Crippen LogP contribution in [0, 0.1) is 13.8 Å². The monoisotopic (exact) mass is 342 g/mol. The van der Waals surface area contributed by atoms with Gasteiger partial charge in [0.15, 0.2) is 0 Å². The first-order valence-corrected chi connectivity index (χ1v) is 9.19. The van der Waals surface area contributed by atoms with Gasteiger partial charge in [-0.3, -0.25) is 9.59 Å². The van der Waals surface area contributed by atoms with Gasteiger partial charge in [-0.05, 0) is 26.3 Å². The lowest BCUT2D eigenvalue weighted by atomic mass is 10.1. The summed E-state index contributed by atoms with van der Waals surface area (Å²) < 4.78 is 25.9. The average molecular weight is 342 g/mol. The molecule has 0 aliphatic carbocycles. The lowest BCUT2D eigenvalue weighted by Gasteiger charge is -2.38. The van der Waals surface area contributed by atoms with Crippen LogP contribution in [0.4, 0.5) is 0 Å². The Morgan fingerprint density at radius 2 is 1.87 bits per heavy atom. The van der Waals surface area contributed by atoms with Gasteiger partial charge < -0.3 is 4.90 Å². The van der Waals surface area contributed by atoms with Crippen molar-refractivity contribution in [2.75, 3.05) is 25.9 Å². The van der Waals surface area contributed by atoms with Crippen molar-refractivity contribution < 1.29 is 13.2 Å². The minimum absolute atomic E-state index is 0.111. The van der Waals surface area contributed by atoms with Gasteiger partial charge in [-0.1, -0.05) is 0 Å². The topological polar surface area (TPSA) is 92.6 Å². The van der Waals surface area contributed by atoms with Crippen LogP contribution in [0.5, 0.6) is 0 Å². The largest absolute Gasteiger partial charge is 0.336 e. The summed E-state index contributed by atoms with van der Waals surface area (Å²) in [7, 11) is -1.79. The van der Waals surface area contributed by atoms with Crippen LogP contribution >= 0.6 is 0 Å². The first kappa shape index (κ1) is 17.6. The molecule has 0 aromatic carbocycles. The zero-order chi connectivity index (χ0) is 17.5. The van der Waals surface area contributed by atoms with E-state index >= 15 is 0 Å². The van der Waals surface area contributed by atoms with Gasteiger partial charge in [-0.25, -0.2) is 13.1 Å². The van der Waals surface area contributed by atoms with E-state index in [1.54, 1.807) is 20.8 Å². The highest BCUT2D eigenvalue weighted by Gasteiger charge is 2.33. The Hall–Kier alpha value is -1.74. The minimum Gasteiger partial charge on any atom is -0.336 e. The third kappa shape index (κ3) is 3.30. The molecule has 9 heteroatoms. The SMILES string of the molecule is Cc1nn(C)c(=O)c(C(=O)N2CCN(S(C)(=O)=O)[C@@H](C)C2)c1C. The second-order valence-corrected chi connectivity index (χ2v) is 7.92. The maximum Gasteiger partial charge on any atom is 0.279 e. The Bertz CT molecular complexity index is 800. The third-order valence-corrected chi connectivity index (χ3v) is 5.61. The predicted molar refractivity (Wildman–Crippen MR) is 85.9 cm³/mol. The molecule has 1 aromatic rings. The standard InChI is InChI=1S/C14H22N4O4S/c1-9-8-17(6-7-18(9)23(5,21)22)14(20)12-10(2)11(3)15-16(4)13(12)19/h9H,6-8H2,1-5H3/t9-/m0/s1. The zero-order valence-electron chi connectivity index (χ0n) is 14.0. The number of hydrogen-bond acceptors (Lipinski definition) is 5. The maximum atomic E-state index is 12.8. The molecule has 23 heavy (non-hydrogen) atoms. The molecule has 1 atom stereocenters. The number of rotatable bonds is 2. The van der Waals surface area contributed by atoms with Gasteiger partial charge in [-0.2, -0.15) is 9.40 Å². The zero-order valence-corrected chi connectivity index (χ0v) is 14.8. The van der Waals surface area contributed by atoms with Gasteiger partial charge in [0.2, 0.25) is 10.0 Å². The summed E-state index contributed by atoms with van der Waals surface area (Å²) in [4.78, 5) is 26.6. The summed E-state index contributed by atoms with van der Waals surface area (Å²) in [5.74, 6) is -0.367. The van der Waals surface area contributed by atoms with Gasteiger partial charge in [0.05, 0.1) is 11.9 Å². The van der Waals surface area contributed by atoms with Crippen LogP contribution in [-0.4, -0.2) is 65.2 Å². The Morgan fingerprint density at radius 3 is 2.39 bits per heavy atom. The molecule has 8 nitrogen and oxygen atoms in total. The third-order valence-electron chi connectivity index (χ3n) is 4.22. The molecule has 0 spiro atoms. The number of carbonyl (C=O) groups excluding carboxylic acids is 1. The van der Waals surface area contributed by atoms with Crippen molar-refractivity contribution in [3.05, 3.63) is 27.2 Å². The van der Waals surface area contributed by atoms with Gasteiger partial charge in [0.1, 0.15) is 5.56 Å². The Kier molecular flexibility index (Phi) is 4.63. The lowest BCUT2D eigenvalue weighted by molar-refractivity contribution is 0.0639. The van der Waals surface area contributed by atoms with Crippen LogP contribution in [0.3, 0.4) is 0 Å². The molecule has 0 unspecified atom stereocenters. The second-order valence-electron chi connectivity index (χ2n) is 5.99. The van der Waals surface area contributed by atoms with E-state index in [4.69, 9.17) is 0 Å². The molecule has 0 N–H and O–H groups in total. The molecule has 0 bridgehead atoms. The number of aryl methyl sites for hydroxylation is 2. The molecule has 1 amide bonds. The van der Waals surface area contributed by atoms with Crippen molar-refractivity contribution in [2.24, 2.45) is 7.05 Å². The first-order valence-electron chi connectivity index (χ1n) is 7.34. The summed E-state index contributed by atoms with van der Waals surface area (Å²) in [6.07, 6.45) is 1.16. The van der Waals surface area contributed by atoms with E-state index in [0.29, 0.717) is 11.3 Å².